The van der Waals surface area contributed by atoms with Crippen molar-refractivity contribution in [2.75, 3.05) is 33.1 Å². The van der Waals surface area contributed by atoms with E-state index in [9.17, 15) is 0 Å². The molecule has 1 aromatic carbocycles. The van der Waals surface area contributed by atoms with E-state index in [1.807, 2.05) is 6.07 Å². The molecule has 1 heterocycles. The van der Waals surface area contributed by atoms with Gasteiger partial charge in [0.15, 0.2) is 0 Å². The predicted molar refractivity (Wildman–Crippen MR) is 62.7 cm³/mol. The van der Waals surface area contributed by atoms with Crippen LogP contribution in [0.25, 0.3) is 0 Å². The smallest absolute Gasteiger partial charge is 0.119 e. The lowest BCUT2D eigenvalue weighted by atomic mass is 10.1. The van der Waals surface area contributed by atoms with Crippen molar-refractivity contribution >= 4 is 5.69 Å². The van der Waals surface area contributed by atoms with E-state index in [0.29, 0.717) is 6.04 Å². The predicted octanol–water partition coefficient (Wildman–Crippen LogP) is 1.59. The van der Waals surface area contributed by atoms with Gasteiger partial charge in [-0.1, -0.05) is 0 Å². The molecule has 0 aromatic heterocycles. The van der Waals surface area contributed by atoms with Gasteiger partial charge in [-0.15, -0.1) is 0 Å². The number of hydrogen-bond acceptors (Lipinski definition) is 3. The standard InChI is InChI=1S/C12H18N2O/c1-14(2)8-10-6-9-7-11(15-3)4-5-12(9)13-10/h4-5,7,10,13H,6,8H2,1-3H3. The number of methoxy groups -OCH3 is 1. The number of fused-ring (bicyclic) bond motifs is 1. The first-order chi connectivity index (χ1) is 7.19. The summed E-state index contributed by atoms with van der Waals surface area (Å²) in [5, 5.41) is 3.52. The molecule has 0 bridgehead atoms. The molecule has 1 aromatic rings. The van der Waals surface area contributed by atoms with Crippen molar-refractivity contribution in [3.63, 3.8) is 0 Å². The lowest BCUT2D eigenvalue weighted by Crippen LogP contribution is -2.30. The second-order valence-corrected chi connectivity index (χ2v) is 4.33. The average molecular weight is 206 g/mol. The molecule has 0 fully saturated rings. The van der Waals surface area contributed by atoms with E-state index in [0.717, 1.165) is 18.7 Å². The summed E-state index contributed by atoms with van der Waals surface area (Å²) in [4.78, 5) is 2.21. The number of nitrogens with zero attached hydrogens (tertiary/aromatic N) is 1. The van der Waals surface area contributed by atoms with Crippen LogP contribution in [0.15, 0.2) is 18.2 Å². The summed E-state index contributed by atoms with van der Waals surface area (Å²) >= 11 is 0. The van der Waals surface area contributed by atoms with Gasteiger partial charge in [0.25, 0.3) is 0 Å². The first-order valence-electron chi connectivity index (χ1n) is 5.27. The van der Waals surface area contributed by atoms with E-state index in [-0.39, 0.29) is 0 Å². The van der Waals surface area contributed by atoms with Gasteiger partial charge in [-0.2, -0.15) is 0 Å². The fourth-order valence-corrected chi connectivity index (χ4v) is 2.09. The molecule has 0 spiro atoms. The molecule has 1 atom stereocenters. The Kier molecular flexibility index (Phi) is 2.82. The SMILES string of the molecule is COc1ccc2c(c1)CC(CN(C)C)N2. The summed E-state index contributed by atoms with van der Waals surface area (Å²) in [6.45, 7) is 1.07. The van der Waals surface area contributed by atoms with E-state index < -0.39 is 0 Å². The number of hydrogen-bond donors (Lipinski definition) is 1. The zero-order chi connectivity index (χ0) is 10.8. The lowest BCUT2D eigenvalue weighted by Gasteiger charge is -2.16. The van der Waals surface area contributed by atoms with Gasteiger partial charge in [-0.05, 0) is 44.3 Å². The monoisotopic (exact) mass is 206 g/mol. The Labute approximate surface area is 91.0 Å². The molecule has 1 aliphatic rings. The van der Waals surface area contributed by atoms with Gasteiger partial charge in [0.1, 0.15) is 5.75 Å². The normalized spacial score (nSPS) is 18.8. The van der Waals surface area contributed by atoms with Crippen molar-refractivity contribution in [2.45, 2.75) is 12.5 Å². The Morgan fingerprint density at radius 2 is 2.27 bits per heavy atom. The molecule has 1 N–H and O–H groups in total. The van der Waals surface area contributed by atoms with E-state index >= 15 is 0 Å². The van der Waals surface area contributed by atoms with Gasteiger partial charge in [0.05, 0.1) is 7.11 Å². The van der Waals surface area contributed by atoms with Gasteiger partial charge in [-0.3, -0.25) is 0 Å². The van der Waals surface area contributed by atoms with E-state index in [1.165, 1.54) is 11.3 Å². The van der Waals surface area contributed by atoms with Crippen LogP contribution < -0.4 is 10.1 Å². The molecular weight excluding hydrogens is 188 g/mol. The summed E-state index contributed by atoms with van der Waals surface area (Å²) in [6, 6.07) is 6.76. The maximum absolute atomic E-state index is 5.22. The highest BCUT2D eigenvalue weighted by Gasteiger charge is 2.20. The third-order valence-electron chi connectivity index (χ3n) is 2.72. The fraction of sp³-hybridized carbons (Fsp3) is 0.500. The number of benzene rings is 1. The summed E-state index contributed by atoms with van der Waals surface area (Å²) in [5.74, 6) is 0.945. The van der Waals surface area contributed by atoms with Crippen molar-refractivity contribution in [3.8, 4) is 5.75 Å². The lowest BCUT2D eigenvalue weighted by molar-refractivity contribution is 0.386. The van der Waals surface area contributed by atoms with Crippen LogP contribution >= 0.6 is 0 Å². The molecule has 0 aliphatic carbocycles. The Balaban J connectivity index is 2.09. The number of anilines is 1. The highest BCUT2D eigenvalue weighted by Crippen LogP contribution is 2.29. The topological polar surface area (TPSA) is 24.5 Å². The van der Waals surface area contributed by atoms with E-state index in [1.54, 1.807) is 7.11 Å². The molecule has 2 rings (SSSR count). The summed E-state index contributed by atoms with van der Waals surface area (Å²) < 4.78 is 5.22. The fourth-order valence-electron chi connectivity index (χ4n) is 2.09. The second-order valence-electron chi connectivity index (χ2n) is 4.33. The van der Waals surface area contributed by atoms with Gasteiger partial charge >= 0.3 is 0 Å². The molecule has 0 amide bonds. The van der Waals surface area contributed by atoms with Crippen molar-refractivity contribution in [1.82, 2.24) is 4.90 Å². The van der Waals surface area contributed by atoms with Gasteiger partial charge in [0, 0.05) is 18.3 Å². The summed E-state index contributed by atoms with van der Waals surface area (Å²) in [5.41, 5.74) is 2.61. The van der Waals surface area contributed by atoms with Crippen LogP contribution in [0.1, 0.15) is 5.56 Å². The molecule has 0 saturated carbocycles. The highest BCUT2D eigenvalue weighted by atomic mass is 16.5. The molecule has 15 heavy (non-hydrogen) atoms. The molecule has 82 valence electrons. The van der Waals surface area contributed by atoms with Gasteiger partial charge in [-0.25, -0.2) is 0 Å². The number of rotatable bonds is 3. The van der Waals surface area contributed by atoms with Crippen LogP contribution in [-0.4, -0.2) is 38.7 Å². The van der Waals surface area contributed by atoms with Crippen molar-refractivity contribution in [1.29, 1.82) is 0 Å². The van der Waals surface area contributed by atoms with Crippen LogP contribution in [0.2, 0.25) is 0 Å². The number of ether oxygens (including phenoxy) is 1. The molecule has 1 unspecified atom stereocenters. The zero-order valence-corrected chi connectivity index (χ0v) is 9.58. The minimum Gasteiger partial charge on any atom is -0.497 e. The molecule has 3 heteroatoms. The second kappa shape index (κ2) is 4.11. The first kappa shape index (κ1) is 10.3. The van der Waals surface area contributed by atoms with Crippen molar-refractivity contribution < 1.29 is 4.74 Å². The molecule has 3 nitrogen and oxygen atoms in total. The quantitative estimate of drug-likeness (QED) is 0.813. The molecule has 0 radical (unpaired) electrons. The van der Waals surface area contributed by atoms with Crippen LogP contribution in [0.3, 0.4) is 0 Å². The molecular formula is C12H18N2O. The Bertz CT molecular complexity index is 349. The Morgan fingerprint density at radius 3 is 2.93 bits per heavy atom. The van der Waals surface area contributed by atoms with E-state index in [2.05, 4.69) is 36.4 Å². The summed E-state index contributed by atoms with van der Waals surface area (Å²) in [7, 11) is 5.91. The van der Waals surface area contributed by atoms with Gasteiger partial charge < -0.3 is 15.0 Å². The largest absolute Gasteiger partial charge is 0.497 e. The van der Waals surface area contributed by atoms with Crippen LogP contribution in [-0.2, 0) is 6.42 Å². The zero-order valence-electron chi connectivity index (χ0n) is 9.58. The maximum Gasteiger partial charge on any atom is 0.119 e. The van der Waals surface area contributed by atoms with Gasteiger partial charge in [0.2, 0.25) is 0 Å². The summed E-state index contributed by atoms with van der Waals surface area (Å²) in [6.07, 6.45) is 1.09. The van der Waals surface area contributed by atoms with Crippen molar-refractivity contribution in [2.24, 2.45) is 0 Å². The third kappa shape index (κ3) is 2.23. The average Bonchev–Trinajstić information content (AvgIpc) is 2.57. The Morgan fingerprint density at radius 1 is 1.47 bits per heavy atom. The van der Waals surface area contributed by atoms with Crippen LogP contribution in [0, 0.1) is 0 Å². The Hall–Kier alpha value is -1.22. The number of likely N-dealkylation sites (N-methyl/N-ethyl adjacent to an activating group) is 1. The molecule has 0 saturated heterocycles. The minimum atomic E-state index is 0.530. The maximum atomic E-state index is 5.22. The molecule has 1 aliphatic heterocycles. The van der Waals surface area contributed by atoms with Crippen LogP contribution in [0.4, 0.5) is 5.69 Å². The minimum absolute atomic E-state index is 0.530. The van der Waals surface area contributed by atoms with Crippen molar-refractivity contribution in [3.05, 3.63) is 23.8 Å². The number of nitrogens with one attached hydrogen (secondary N) is 1. The first-order valence-corrected chi connectivity index (χ1v) is 5.27. The third-order valence-corrected chi connectivity index (χ3v) is 2.72. The van der Waals surface area contributed by atoms with E-state index in [4.69, 9.17) is 4.74 Å². The highest BCUT2D eigenvalue weighted by molar-refractivity contribution is 5.59. The van der Waals surface area contributed by atoms with Crippen LogP contribution in [0.5, 0.6) is 5.75 Å².